The molecule has 1 aliphatic heterocycles. The van der Waals surface area contributed by atoms with Crippen molar-refractivity contribution < 1.29 is 14.3 Å². The zero-order valence-corrected chi connectivity index (χ0v) is 15.0. The van der Waals surface area contributed by atoms with E-state index in [2.05, 4.69) is 10.6 Å². The summed E-state index contributed by atoms with van der Waals surface area (Å²) in [7, 11) is 0. The molecule has 2 aliphatic rings. The van der Waals surface area contributed by atoms with Crippen LogP contribution in [-0.2, 0) is 14.3 Å². The zero-order chi connectivity index (χ0) is 16.9. The first-order valence-corrected chi connectivity index (χ1v) is 8.71. The van der Waals surface area contributed by atoms with Crippen LogP contribution < -0.4 is 16.4 Å². The number of amides is 2. The summed E-state index contributed by atoms with van der Waals surface area (Å²) < 4.78 is 5.36. The Morgan fingerprint density at radius 3 is 2.20 bits per heavy atom. The molecule has 1 aliphatic carbocycles. The van der Waals surface area contributed by atoms with Crippen LogP contribution in [0.5, 0.6) is 0 Å². The van der Waals surface area contributed by atoms with Gasteiger partial charge in [-0.05, 0) is 62.4 Å². The van der Waals surface area contributed by atoms with Crippen molar-refractivity contribution in [3.8, 4) is 0 Å². The molecule has 2 fully saturated rings. The lowest BCUT2D eigenvalue weighted by molar-refractivity contribution is -0.124. The Hall–Kier alpha value is -1.63. The number of benzene rings is 1. The molecule has 0 bridgehead atoms. The van der Waals surface area contributed by atoms with Crippen LogP contribution in [0.15, 0.2) is 24.3 Å². The van der Waals surface area contributed by atoms with E-state index in [0.717, 1.165) is 37.8 Å². The standard InChI is InChI=1S/C18H25N3O3.ClH/c19-11-12-3-1-4-15(12)17(22)20-13-6-8-14(9-7-13)21-18(23)16-5-2-10-24-16;/h6-9,12,15-16H,1-5,10-11,19H2,(H,20,22)(H,21,23);1H/t12-,15-,16?;/m1./s1. The number of carbonyl (C=O) groups is 2. The molecule has 138 valence electrons. The minimum Gasteiger partial charge on any atom is -0.368 e. The van der Waals surface area contributed by atoms with Gasteiger partial charge in [-0.1, -0.05) is 6.42 Å². The van der Waals surface area contributed by atoms with Crippen LogP contribution in [0.2, 0.25) is 0 Å². The fraction of sp³-hybridized carbons (Fsp3) is 0.556. The van der Waals surface area contributed by atoms with Crippen LogP contribution in [-0.4, -0.2) is 31.1 Å². The second kappa shape index (κ2) is 9.17. The first-order valence-electron chi connectivity index (χ1n) is 8.71. The smallest absolute Gasteiger partial charge is 0.253 e. The minimum absolute atomic E-state index is 0. The van der Waals surface area contributed by atoms with Crippen LogP contribution >= 0.6 is 12.4 Å². The number of halogens is 1. The molecule has 4 N–H and O–H groups in total. The molecule has 1 aromatic rings. The van der Waals surface area contributed by atoms with Crippen molar-refractivity contribution in [1.82, 2.24) is 0 Å². The molecule has 0 radical (unpaired) electrons. The maximum absolute atomic E-state index is 12.4. The van der Waals surface area contributed by atoms with E-state index in [1.165, 1.54) is 0 Å². The van der Waals surface area contributed by atoms with Crippen molar-refractivity contribution in [3.63, 3.8) is 0 Å². The Bertz CT molecular complexity index is 588. The van der Waals surface area contributed by atoms with Gasteiger partial charge in [0.05, 0.1) is 0 Å². The average molecular weight is 368 g/mol. The van der Waals surface area contributed by atoms with Crippen molar-refractivity contribution in [1.29, 1.82) is 0 Å². The predicted molar refractivity (Wildman–Crippen MR) is 99.8 cm³/mol. The van der Waals surface area contributed by atoms with Gasteiger partial charge >= 0.3 is 0 Å². The molecule has 1 aromatic carbocycles. The van der Waals surface area contributed by atoms with Crippen LogP contribution in [0, 0.1) is 11.8 Å². The molecular formula is C18H26ClN3O3. The molecule has 7 heteroatoms. The van der Waals surface area contributed by atoms with Crippen LogP contribution in [0.1, 0.15) is 32.1 Å². The summed E-state index contributed by atoms with van der Waals surface area (Å²) >= 11 is 0. The maximum Gasteiger partial charge on any atom is 0.253 e. The molecule has 1 saturated carbocycles. The normalized spacial score (nSPS) is 25.2. The lowest BCUT2D eigenvalue weighted by Gasteiger charge is -2.17. The second-order valence-electron chi connectivity index (χ2n) is 6.59. The van der Waals surface area contributed by atoms with Crippen LogP contribution in [0.4, 0.5) is 11.4 Å². The Balaban J connectivity index is 0.00000225. The number of nitrogens with one attached hydrogen (secondary N) is 2. The highest BCUT2D eigenvalue weighted by atomic mass is 35.5. The molecule has 1 saturated heterocycles. The van der Waals surface area contributed by atoms with E-state index < -0.39 is 0 Å². The van der Waals surface area contributed by atoms with Crippen molar-refractivity contribution >= 4 is 35.6 Å². The lowest BCUT2D eigenvalue weighted by Crippen LogP contribution is -2.29. The molecule has 2 amide bonds. The van der Waals surface area contributed by atoms with Crippen molar-refractivity contribution in [2.75, 3.05) is 23.8 Å². The number of hydrogen-bond donors (Lipinski definition) is 3. The molecule has 1 heterocycles. The number of hydrogen-bond acceptors (Lipinski definition) is 4. The first kappa shape index (κ1) is 19.7. The number of rotatable bonds is 5. The third-order valence-electron chi connectivity index (χ3n) is 4.94. The average Bonchev–Trinajstić information content (AvgIpc) is 3.28. The SMILES string of the molecule is Cl.NC[C@H]1CCC[C@H]1C(=O)Nc1ccc(NC(=O)C2CCCO2)cc1. The summed E-state index contributed by atoms with van der Waals surface area (Å²) in [6.45, 7) is 1.21. The van der Waals surface area contributed by atoms with Crippen LogP contribution in [0.25, 0.3) is 0 Å². The van der Waals surface area contributed by atoms with Crippen LogP contribution in [0.3, 0.4) is 0 Å². The minimum atomic E-state index is -0.347. The molecule has 3 atom stereocenters. The lowest BCUT2D eigenvalue weighted by atomic mass is 9.95. The van der Waals surface area contributed by atoms with Gasteiger partial charge < -0.3 is 21.1 Å². The Morgan fingerprint density at radius 2 is 1.64 bits per heavy atom. The highest BCUT2D eigenvalue weighted by Gasteiger charge is 2.31. The molecule has 6 nitrogen and oxygen atoms in total. The highest BCUT2D eigenvalue weighted by Crippen LogP contribution is 2.32. The zero-order valence-electron chi connectivity index (χ0n) is 14.2. The van der Waals surface area contributed by atoms with Gasteiger partial charge in [0.15, 0.2) is 0 Å². The topological polar surface area (TPSA) is 93.5 Å². The molecular weight excluding hydrogens is 342 g/mol. The number of anilines is 2. The van der Waals surface area contributed by atoms with E-state index in [0.29, 0.717) is 18.8 Å². The number of carbonyl (C=O) groups excluding carboxylic acids is 2. The van der Waals surface area contributed by atoms with Gasteiger partial charge in [-0.2, -0.15) is 0 Å². The summed E-state index contributed by atoms with van der Waals surface area (Å²) in [6, 6.07) is 7.18. The molecule has 3 rings (SSSR count). The quantitative estimate of drug-likeness (QED) is 0.745. The van der Waals surface area contributed by atoms with Crippen molar-refractivity contribution in [2.24, 2.45) is 17.6 Å². The maximum atomic E-state index is 12.4. The fourth-order valence-corrected chi connectivity index (χ4v) is 3.54. The van der Waals surface area contributed by atoms with E-state index in [1.54, 1.807) is 24.3 Å². The third kappa shape index (κ3) is 4.93. The second-order valence-corrected chi connectivity index (χ2v) is 6.59. The van der Waals surface area contributed by atoms with E-state index in [4.69, 9.17) is 10.5 Å². The highest BCUT2D eigenvalue weighted by molar-refractivity contribution is 5.95. The monoisotopic (exact) mass is 367 g/mol. The summed E-state index contributed by atoms with van der Waals surface area (Å²) in [5, 5.41) is 5.79. The summed E-state index contributed by atoms with van der Waals surface area (Å²) in [5.41, 5.74) is 7.18. The van der Waals surface area contributed by atoms with Gasteiger partial charge in [-0.15, -0.1) is 12.4 Å². The van der Waals surface area contributed by atoms with E-state index in [1.807, 2.05) is 0 Å². The van der Waals surface area contributed by atoms with Gasteiger partial charge in [0.1, 0.15) is 6.10 Å². The van der Waals surface area contributed by atoms with E-state index in [9.17, 15) is 9.59 Å². The first-order chi connectivity index (χ1) is 11.7. The molecule has 0 aromatic heterocycles. The third-order valence-corrected chi connectivity index (χ3v) is 4.94. The van der Waals surface area contributed by atoms with Gasteiger partial charge in [0.2, 0.25) is 5.91 Å². The van der Waals surface area contributed by atoms with Gasteiger partial charge in [0.25, 0.3) is 5.91 Å². The molecule has 0 spiro atoms. The fourth-order valence-electron chi connectivity index (χ4n) is 3.54. The molecule has 1 unspecified atom stereocenters. The van der Waals surface area contributed by atoms with Crippen molar-refractivity contribution in [3.05, 3.63) is 24.3 Å². The number of nitrogens with two attached hydrogens (primary N) is 1. The summed E-state index contributed by atoms with van der Waals surface area (Å²) in [4.78, 5) is 24.4. The predicted octanol–water partition coefficient (Wildman–Crippen LogP) is 2.54. The largest absolute Gasteiger partial charge is 0.368 e. The Kier molecular flexibility index (Phi) is 7.23. The van der Waals surface area contributed by atoms with Crippen molar-refractivity contribution in [2.45, 2.75) is 38.2 Å². The van der Waals surface area contributed by atoms with Gasteiger partial charge in [-0.3, -0.25) is 9.59 Å². The Labute approximate surface area is 154 Å². The molecule has 25 heavy (non-hydrogen) atoms. The van der Waals surface area contributed by atoms with Gasteiger partial charge in [0, 0.05) is 23.9 Å². The van der Waals surface area contributed by atoms with E-state index in [-0.39, 0.29) is 42.2 Å². The van der Waals surface area contributed by atoms with E-state index >= 15 is 0 Å². The number of ether oxygens (including phenoxy) is 1. The Morgan fingerprint density at radius 1 is 1.00 bits per heavy atom. The summed E-state index contributed by atoms with van der Waals surface area (Å²) in [5.74, 6) is 0.226. The van der Waals surface area contributed by atoms with Gasteiger partial charge in [-0.25, -0.2) is 0 Å². The summed E-state index contributed by atoms with van der Waals surface area (Å²) in [6.07, 6.45) is 4.35.